The number of thiophene rings is 1. The monoisotopic (exact) mass is 367 g/mol. The lowest BCUT2D eigenvalue weighted by Gasteiger charge is -2.15. The Balaban J connectivity index is 1.62. The van der Waals surface area contributed by atoms with Gasteiger partial charge in [0.25, 0.3) is 0 Å². The lowest BCUT2D eigenvalue weighted by molar-refractivity contribution is -0.115. The summed E-state index contributed by atoms with van der Waals surface area (Å²) in [5.41, 5.74) is 1.52. The highest BCUT2D eigenvalue weighted by atomic mass is 32.1. The van der Waals surface area contributed by atoms with Gasteiger partial charge in [-0.2, -0.15) is 0 Å². The fourth-order valence-corrected chi connectivity index (χ4v) is 3.09. The number of aromatic nitrogens is 1. The Hall–Kier alpha value is -2.86. The number of nitrogens with zero attached hydrogens (tertiary/aromatic N) is 1. The molecule has 134 valence electrons. The van der Waals surface area contributed by atoms with Crippen LogP contribution < -0.4 is 15.4 Å². The van der Waals surface area contributed by atoms with Crippen molar-refractivity contribution in [2.24, 2.45) is 0 Å². The van der Waals surface area contributed by atoms with E-state index in [-0.39, 0.29) is 12.0 Å². The second-order valence-electron chi connectivity index (χ2n) is 6.02. The topological polar surface area (TPSA) is 63.2 Å². The summed E-state index contributed by atoms with van der Waals surface area (Å²) in [5, 5.41) is 8.07. The number of pyridine rings is 1. The maximum atomic E-state index is 12.0. The molecule has 2 heterocycles. The molecule has 1 aromatic carbocycles. The van der Waals surface area contributed by atoms with E-state index in [9.17, 15) is 4.79 Å². The largest absolute Gasteiger partial charge is 0.489 e. The standard InChI is InChI=1S/C20H21N3O2S/c1-14(2)25-18-8-4-3-7-17(18)23-19-10-9-15(13-21-19)22-20(24)12-16-6-5-11-26-16/h3-11,13-14H,12H2,1-2H3,(H,21,23)(H,22,24). The first-order valence-electron chi connectivity index (χ1n) is 8.41. The molecule has 2 N–H and O–H groups in total. The molecule has 0 bridgehead atoms. The zero-order valence-corrected chi connectivity index (χ0v) is 15.5. The highest BCUT2D eigenvalue weighted by molar-refractivity contribution is 7.10. The van der Waals surface area contributed by atoms with E-state index in [4.69, 9.17) is 4.74 Å². The van der Waals surface area contributed by atoms with Gasteiger partial charge >= 0.3 is 0 Å². The second-order valence-corrected chi connectivity index (χ2v) is 7.06. The van der Waals surface area contributed by atoms with Crippen LogP contribution in [0.5, 0.6) is 5.75 Å². The first-order chi connectivity index (χ1) is 12.6. The molecular formula is C20H21N3O2S. The average molecular weight is 367 g/mol. The number of para-hydroxylation sites is 2. The van der Waals surface area contributed by atoms with Crippen molar-refractivity contribution in [3.63, 3.8) is 0 Å². The number of carbonyl (C=O) groups excluding carboxylic acids is 1. The van der Waals surface area contributed by atoms with E-state index in [1.807, 2.05) is 67.8 Å². The van der Waals surface area contributed by atoms with E-state index in [0.717, 1.165) is 16.3 Å². The van der Waals surface area contributed by atoms with Gasteiger partial charge in [-0.1, -0.05) is 18.2 Å². The minimum Gasteiger partial charge on any atom is -0.489 e. The molecule has 1 amide bonds. The van der Waals surface area contributed by atoms with Crippen LogP contribution in [-0.2, 0) is 11.2 Å². The molecule has 3 aromatic rings. The minimum atomic E-state index is -0.0503. The molecule has 26 heavy (non-hydrogen) atoms. The predicted molar refractivity (Wildman–Crippen MR) is 106 cm³/mol. The molecule has 0 saturated carbocycles. The van der Waals surface area contributed by atoms with Crippen LogP contribution in [0.4, 0.5) is 17.2 Å². The van der Waals surface area contributed by atoms with Gasteiger partial charge in [-0.15, -0.1) is 11.3 Å². The number of hydrogen-bond donors (Lipinski definition) is 2. The molecule has 5 nitrogen and oxygen atoms in total. The van der Waals surface area contributed by atoms with Gasteiger partial charge in [0.1, 0.15) is 11.6 Å². The van der Waals surface area contributed by atoms with Gasteiger partial charge in [0.05, 0.1) is 30.1 Å². The van der Waals surface area contributed by atoms with E-state index >= 15 is 0 Å². The number of hydrogen-bond acceptors (Lipinski definition) is 5. The Bertz CT molecular complexity index is 846. The third kappa shape index (κ3) is 5.07. The molecule has 0 unspecified atom stereocenters. The molecule has 0 radical (unpaired) electrons. The number of amides is 1. The Morgan fingerprint density at radius 1 is 1.15 bits per heavy atom. The van der Waals surface area contributed by atoms with Crippen molar-refractivity contribution in [3.05, 3.63) is 65.0 Å². The molecule has 0 fully saturated rings. The Kier molecular flexibility index (Phi) is 5.86. The van der Waals surface area contributed by atoms with E-state index < -0.39 is 0 Å². The van der Waals surface area contributed by atoms with Crippen LogP contribution in [0.15, 0.2) is 60.1 Å². The van der Waals surface area contributed by atoms with E-state index in [1.165, 1.54) is 0 Å². The maximum Gasteiger partial charge on any atom is 0.229 e. The lowest BCUT2D eigenvalue weighted by Crippen LogP contribution is -2.13. The molecule has 6 heteroatoms. The van der Waals surface area contributed by atoms with E-state index in [1.54, 1.807) is 17.5 Å². The fourth-order valence-electron chi connectivity index (χ4n) is 2.38. The Morgan fingerprint density at radius 2 is 2.00 bits per heavy atom. The quantitative estimate of drug-likeness (QED) is 0.626. The number of nitrogens with one attached hydrogen (secondary N) is 2. The van der Waals surface area contributed by atoms with Gasteiger partial charge in [-0.05, 0) is 49.6 Å². The number of anilines is 3. The van der Waals surface area contributed by atoms with Gasteiger partial charge in [-0.25, -0.2) is 4.98 Å². The van der Waals surface area contributed by atoms with Crippen molar-refractivity contribution >= 4 is 34.4 Å². The summed E-state index contributed by atoms with van der Waals surface area (Å²) in [7, 11) is 0. The van der Waals surface area contributed by atoms with Gasteiger partial charge in [0.15, 0.2) is 0 Å². The number of benzene rings is 1. The highest BCUT2D eigenvalue weighted by Crippen LogP contribution is 2.27. The van der Waals surface area contributed by atoms with Crippen molar-refractivity contribution in [2.75, 3.05) is 10.6 Å². The number of ether oxygens (including phenoxy) is 1. The SMILES string of the molecule is CC(C)Oc1ccccc1Nc1ccc(NC(=O)Cc2cccs2)cn1. The summed E-state index contributed by atoms with van der Waals surface area (Å²) in [4.78, 5) is 17.4. The van der Waals surface area contributed by atoms with Crippen molar-refractivity contribution in [1.82, 2.24) is 4.98 Å². The Labute approximate surface area is 157 Å². The molecule has 3 rings (SSSR count). The molecule has 2 aromatic heterocycles. The van der Waals surface area contributed by atoms with Gasteiger partial charge in [-0.3, -0.25) is 4.79 Å². The van der Waals surface area contributed by atoms with Crippen LogP contribution >= 0.6 is 11.3 Å². The van der Waals surface area contributed by atoms with Gasteiger partial charge < -0.3 is 15.4 Å². The van der Waals surface area contributed by atoms with Crippen LogP contribution in [0.1, 0.15) is 18.7 Å². The first-order valence-corrected chi connectivity index (χ1v) is 9.29. The maximum absolute atomic E-state index is 12.0. The van der Waals surface area contributed by atoms with Crippen LogP contribution in [0.25, 0.3) is 0 Å². The molecule has 0 aliphatic rings. The third-order valence-corrected chi connectivity index (χ3v) is 4.35. The molecule has 0 spiro atoms. The summed E-state index contributed by atoms with van der Waals surface area (Å²) in [6, 6.07) is 15.3. The summed E-state index contributed by atoms with van der Waals surface area (Å²) < 4.78 is 5.80. The molecule has 0 aliphatic heterocycles. The molecule has 0 aliphatic carbocycles. The van der Waals surface area contributed by atoms with E-state index in [0.29, 0.717) is 17.9 Å². The van der Waals surface area contributed by atoms with Crippen LogP contribution in [0, 0.1) is 0 Å². The third-order valence-electron chi connectivity index (χ3n) is 3.47. The fraction of sp³-hybridized carbons (Fsp3) is 0.200. The van der Waals surface area contributed by atoms with Crippen LogP contribution in [-0.4, -0.2) is 17.0 Å². The zero-order valence-electron chi connectivity index (χ0n) is 14.7. The Morgan fingerprint density at radius 3 is 2.69 bits per heavy atom. The molecular weight excluding hydrogens is 346 g/mol. The summed E-state index contributed by atoms with van der Waals surface area (Å²) in [5.74, 6) is 1.41. The lowest BCUT2D eigenvalue weighted by atomic mass is 10.2. The summed E-state index contributed by atoms with van der Waals surface area (Å²) in [6.45, 7) is 3.98. The van der Waals surface area contributed by atoms with Gasteiger partial charge in [0.2, 0.25) is 5.91 Å². The average Bonchev–Trinajstić information content (AvgIpc) is 3.11. The second kappa shape index (κ2) is 8.49. The summed E-state index contributed by atoms with van der Waals surface area (Å²) in [6.07, 6.45) is 2.10. The van der Waals surface area contributed by atoms with E-state index in [2.05, 4.69) is 15.6 Å². The van der Waals surface area contributed by atoms with Crippen molar-refractivity contribution < 1.29 is 9.53 Å². The van der Waals surface area contributed by atoms with Gasteiger partial charge in [0, 0.05) is 4.88 Å². The smallest absolute Gasteiger partial charge is 0.229 e. The number of rotatable bonds is 7. The van der Waals surface area contributed by atoms with Crippen molar-refractivity contribution in [2.45, 2.75) is 26.4 Å². The highest BCUT2D eigenvalue weighted by Gasteiger charge is 2.08. The zero-order chi connectivity index (χ0) is 18.4. The molecule has 0 saturated heterocycles. The molecule has 0 atom stereocenters. The van der Waals surface area contributed by atoms with Crippen molar-refractivity contribution in [1.29, 1.82) is 0 Å². The van der Waals surface area contributed by atoms with Crippen molar-refractivity contribution in [3.8, 4) is 5.75 Å². The number of carbonyl (C=O) groups is 1. The predicted octanol–water partition coefficient (Wildman–Crippen LogP) is 4.86. The van der Waals surface area contributed by atoms with Crippen LogP contribution in [0.3, 0.4) is 0 Å². The summed E-state index contributed by atoms with van der Waals surface area (Å²) >= 11 is 1.57. The van der Waals surface area contributed by atoms with Crippen LogP contribution in [0.2, 0.25) is 0 Å². The normalized spacial score (nSPS) is 10.6. The first kappa shape index (κ1) is 17.9. The minimum absolute atomic E-state index is 0.0503.